The minimum atomic E-state index is 0.451. The summed E-state index contributed by atoms with van der Waals surface area (Å²) in [5, 5.41) is 2.94. The molecule has 0 atom stereocenters. The van der Waals surface area contributed by atoms with Crippen LogP contribution in [-0.2, 0) is 0 Å². The highest BCUT2D eigenvalue weighted by Crippen LogP contribution is 2.30. The maximum Gasteiger partial charge on any atom is 0.158 e. The van der Waals surface area contributed by atoms with E-state index < -0.39 is 0 Å². The highest BCUT2D eigenvalue weighted by atomic mass is 16.3. The number of pyridine rings is 1. The Morgan fingerprint density at radius 1 is 1.58 bits per heavy atom. The topological polar surface area (TPSA) is 45.3 Å². The van der Waals surface area contributed by atoms with Crippen molar-refractivity contribution in [2.45, 2.75) is 6.92 Å². The lowest BCUT2D eigenvalue weighted by Gasteiger charge is -2.03. The highest BCUT2D eigenvalue weighted by Gasteiger charge is 2.22. The van der Waals surface area contributed by atoms with Gasteiger partial charge in [0.15, 0.2) is 11.5 Å². The second-order valence-corrected chi connectivity index (χ2v) is 2.93. The molecule has 0 aromatic carbocycles. The summed E-state index contributed by atoms with van der Waals surface area (Å²) < 4.78 is 0. The zero-order valence-electron chi connectivity index (χ0n) is 6.82. The van der Waals surface area contributed by atoms with Gasteiger partial charge in [0.05, 0.1) is 0 Å². The Morgan fingerprint density at radius 3 is 2.92 bits per heavy atom. The predicted octanol–water partition coefficient (Wildman–Crippen LogP) is 1.61. The maximum absolute atomic E-state index is 10.4. The van der Waals surface area contributed by atoms with Crippen LogP contribution in [0.3, 0.4) is 0 Å². The number of aryl methyl sites for hydroxylation is 1. The van der Waals surface area contributed by atoms with Crippen LogP contribution in [0, 0.1) is 11.8 Å². The molecule has 0 unspecified atom stereocenters. The van der Waals surface area contributed by atoms with Gasteiger partial charge in [-0.3, -0.25) is 0 Å². The fourth-order valence-corrected chi connectivity index (χ4v) is 1.12. The monoisotopic (exact) mass is 163 g/mol. The van der Waals surface area contributed by atoms with Crippen LogP contribution in [0.5, 0.6) is 0 Å². The highest BCUT2D eigenvalue weighted by molar-refractivity contribution is 5.65. The summed E-state index contributed by atoms with van der Waals surface area (Å²) in [5.74, 6) is 0.718. The molecule has 1 aliphatic heterocycles. The van der Waals surface area contributed by atoms with Gasteiger partial charge in [-0.15, -0.1) is 4.91 Å². The summed E-state index contributed by atoms with van der Waals surface area (Å²) in [5.41, 5.74) is 1.42. The molecule has 4 heteroatoms. The van der Waals surface area contributed by atoms with E-state index >= 15 is 0 Å². The first-order valence-corrected chi connectivity index (χ1v) is 3.86. The molecular formula is C8H9N3O. The molecule has 62 valence electrons. The van der Waals surface area contributed by atoms with Gasteiger partial charge in [0.1, 0.15) is 0 Å². The fourth-order valence-electron chi connectivity index (χ4n) is 1.12. The Morgan fingerprint density at radius 2 is 2.33 bits per heavy atom. The van der Waals surface area contributed by atoms with Crippen molar-refractivity contribution in [2.75, 3.05) is 18.0 Å². The van der Waals surface area contributed by atoms with Gasteiger partial charge in [0, 0.05) is 19.3 Å². The summed E-state index contributed by atoms with van der Waals surface area (Å²) >= 11 is 0. The van der Waals surface area contributed by atoms with Crippen LogP contribution in [0.1, 0.15) is 5.56 Å². The number of hydrogen-bond donors (Lipinski definition) is 0. The summed E-state index contributed by atoms with van der Waals surface area (Å²) in [6.45, 7) is 3.87. The molecule has 0 saturated carbocycles. The van der Waals surface area contributed by atoms with E-state index in [0.29, 0.717) is 5.69 Å². The van der Waals surface area contributed by atoms with Crippen LogP contribution in [0.4, 0.5) is 11.5 Å². The number of rotatable bonds is 2. The minimum Gasteiger partial charge on any atom is -0.351 e. The summed E-state index contributed by atoms with van der Waals surface area (Å²) in [6, 6.07) is 1.76. The molecule has 1 fully saturated rings. The molecule has 0 N–H and O–H groups in total. The van der Waals surface area contributed by atoms with Crippen LogP contribution in [-0.4, -0.2) is 18.1 Å². The second kappa shape index (κ2) is 2.55. The smallest absolute Gasteiger partial charge is 0.158 e. The third kappa shape index (κ3) is 1.15. The lowest BCUT2D eigenvalue weighted by molar-refractivity contribution is 1.19. The Labute approximate surface area is 70.2 Å². The molecule has 0 bridgehead atoms. The van der Waals surface area contributed by atoms with Gasteiger partial charge in [0.2, 0.25) is 0 Å². The van der Waals surface area contributed by atoms with Crippen molar-refractivity contribution in [1.29, 1.82) is 0 Å². The van der Waals surface area contributed by atoms with Gasteiger partial charge in [0.25, 0.3) is 0 Å². The molecule has 0 spiro atoms. The molecule has 0 amide bonds. The van der Waals surface area contributed by atoms with E-state index in [0.717, 1.165) is 24.5 Å². The van der Waals surface area contributed by atoms with Gasteiger partial charge in [-0.25, -0.2) is 4.98 Å². The molecule has 2 rings (SSSR count). The van der Waals surface area contributed by atoms with Crippen LogP contribution in [0.25, 0.3) is 0 Å². The van der Waals surface area contributed by atoms with Gasteiger partial charge in [-0.1, -0.05) is 0 Å². The number of anilines is 1. The quantitative estimate of drug-likeness (QED) is 0.491. The van der Waals surface area contributed by atoms with Gasteiger partial charge in [-0.05, 0) is 23.7 Å². The molecule has 2 heterocycles. The van der Waals surface area contributed by atoms with Crippen molar-refractivity contribution < 1.29 is 0 Å². The normalized spacial score (nSPS) is 14.6. The molecule has 0 radical (unpaired) electrons. The molecule has 4 nitrogen and oxygen atoms in total. The number of nitroso groups, excluding NO2 is 1. The van der Waals surface area contributed by atoms with Crippen molar-refractivity contribution in [3.8, 4) is 0 Å². The van der Waals surface area contributed by atoms with E-state index in [9.17, 15) is 4.91 Å². The van der Waals surface area contributed by atoms with Crippen LogP contribution < -0.4 is 4.90 Å². The van der Waals surface area contributed by atoms with Crippen molar-refractivity contribution in [2.24, 2.45) is 5.18 Å². The third-order valence-electron chi connectivity index (χ3n) is 1.83. The molecule has 1 saturated heterocycles. The van der Waals surface area contributed by atoms with E-state index in [1.807, 2.05) is 11.8 Å². The minimum absolute atomic E-state index is 0.451. The number of nitrogens with zero attached hydrogens (tertiary/aromatic N) is 3. The van der Waals surface area contributed by atoms with E-state index in [-0.39, 0.29) is 0 Å². The second-order valence-electron chi connectivity index (χ2n) is 2.93. The molecule has 1 aliphatic rings. The Balaban J connectivity index is 2.44. The Kier molecular flexibility index (Phi) is 1.53. The third-order valence-corrected chi connectivity index (χ3v) is 1.83. The lowest BCUT2D eigenvalue weighted by atomic mass is 10.3. The Bertz CT molecular complexity index is 320. The van der Waals surface area contributed by atoms with E-state index in [4.69, 9.17) is 0 Å². The number of hydrogen-bond acceptors (Lipinski definition) is 4. The van der Waals surface area contributed by atoms with Gasteiger partial charge >= 0.3 is 0 Å². The first-order chi connectivity index (χ1) is 5.81. The van der Waals surface area contributed by atoms with Crippen molar-refractivity contribution in [1.82, 2.24) is 4.98 Å². The first-order valence-electron chi connectivity index (χ1n) is 3.86. The average Bonchev–Trinajstić information content (AvgIpc) is 2.87. The van der Waals surface area contributed by atoms with Crippen molar-refractivity contribution in [3.05, 3.63) is 22.7 Å². The van der Waals surface area contributed by atoms with E-state index in [2.05, 4.69) is 10.2 Å². The van der Waals surface area contributed by atoms with Crippen LogP contribution >= 0.6 is 0 Å². The average molecular weight is 163 g/mol. The zero-order valence-corrected chi connectivity index (χ0v) is 6.82. The fraction of sp³-hybridized carbons (Fsp3) is 0.375. The standard InChI is InChI=1S/C8H9N3O/c1-6-4-7(10-12)8(9-5-6)11-2-3-11/h4-5H,2-3H2,1H3. The molecule has 1 aromatic heterocycles. The van der Waals surface area contributed by atoms with Crippen LogP contribution in [0.2, 0.25) is 0 Å². The predicted molar refractivity (Wildman–Crippen MR) is 46.6 cm³/mol. The Hall–Kier alpha value is -1.45. The molecule has 0 aliphatic carbocycles. The SMILES string of the molecule is Cc1cnc(N2CC2)c(N=O)c1. The molecule has 12 heavy (non-hydrogen) atoms. The van der Waals surface area contributed by atoms with E-state index in [1.165, 1.54) is 0 Å². The van der Waals surface area contributed by atoms with Gasteiger partial charge < -0.3 is 4.90 Å². The molecule has 1 aromatic rings. The van der Waals surface area contributed by atoms with Gasteiger partial charge in [-0.2, -0.15) is 0 Å². The largest absolute Gasteiger partial charge is 0.351 e. The summed E-state index contributed by atoms with van der Waals surface area (Å²) in [6.07, 6.45) is 1.75. The van der Waals surface area contributed by atoms with Crippen molar-refractivity contribution >= 4 is 11.5 Å². The maximum atomic E-state index is 10.4. The zero-order chi connectivity index (χ0) is 8.55. The van der Waals surface area contributed by atoms with Crippen LogP contribution in [0.15, 0.2) is 17.4 Å². The summed E-state index contributed by atoms with van der Waals surface area (Å²) in [4.78, 5) is 16.5. The number of aromatic nitrogens is 1. The van der Waals surface area contributed by atoms with E-state index in [1.54, 1.807) is 12.3 Å². The lowest BCUT2D eigenvalue weighted by Crippen LogP contribution is -1.94. The first kappa shape index (κ1) is 7.21. The molecular weight excluding hydrogens is 154 g/mol. The summed E-state index contributed by atoms with van der Waals surface area (Å²) in [7, 11) is 0. The van der Waals surface area contributed by atoms with Crippen molar-refractivity contribution in [3.63, 3.8) is 0 Å².